The molecule has 37 heavy (non-hydrogen) atoms. The maximum absolute atomic E-state index is 15.4. The lowest BCUT2D eigenvalue weighted by Gasteiger charge is -2.44. The number of halogens is 5. The third-order valence-corrected chi connectivity index (χ3v) is 6.92. The number of anilines is 2. The van der Waals surface area contributed by atoms with Gasteiger partial charge in [0.2, 0.25) is 5.56 Å². The van der Waals surface area contributed by atoms with Crippen LogP contribution in [-0.2, 0) is 6.18 Å². The van der Waals surface area contributed by atoms with Gasteiger partial charge in [0.15, 0.2) is 0 Å². The molecule has 0 bridgehead atoms. The number of H-pyrrole nitrogens is 1. The van der Waals surface area contributed by atoms with Crippen molar-refractivity contribution in [3.05, 3.63) is 81.0 Å². The summed E-state index contributed by atoms with van der Waals surface area (Å²) in [6, 6.07) is 9.60. The summed E-state index contributed by atoms with van der Waals surface area (Å²) in [7, 11) is 1.98. The van der Waals surface area contributed by atoms with Crippen LogP contribution >= 0.6 is 11.6 Å². The smallest absolute Gasteiger partial charge is 0.367 e. The van der Waals surface area contributed by atoms with Crippen molar-refractivity contribution in [3.63, 3.8) is 0 Å². The van der Waals surface area contributed by atoms with Gasteiger partial charge in [-0.05, 0) is 50.7 Å². The summed E-state index contributed by atoms with van der Waals surface area (Å²) < 4.78 is 56.2. The van der Waals surface area contributed by atoms with Gasteiger partial charge in [0, 0.05) is 48.0 Å². The molecule has 0 radical (unpaired) electrons. The molecule has 3 aromatic rings. The second-order valence-electron chi connectivity index (χ2n) is 9.20. The molecule has 2 unspecified atom stereocenters. The minimum absolute atomic E-state index is 0.0994. The number of nitrogens with zero attached hydrogens (tertiary/aromatic N) is 2. The number of piperazine rings is 1. The van der Waals surface area contributed by atoms with Gasteiger partial charge < -0.3 is 15.2 Å². The second kappa shape index (κ2) is 10.2. The van der Waals surface area contributed by atoms with Gasteiger partial charge in [0.25, 0.3) is 5.91 Å². The van der Waals surface area contributed by atoms with E-state index in [1.807, 2.05) is 25.8 Å². The molecule has 0 saturated carbocycles. The van der Waals surface area contributed by atoms with Crippen LogP contribution in [0.5, 0.6) is 0 Å². The maximum atomic E-state index is 15.4. The number of carbonyl (C=O) groups excluding carboxylic acids is 1. The highest BCUT2D eigenvalue weighted by atomic mass is 35.5. The van der Waals surface area contributed by atoms with Crippen molar-refractivity contribution >= 4 is 28.9 Å². The molecule has 0 aliphatic carbocycles. The molecule has 1 amide bonds. The predicted molar refractivity (Wildman–Crippen MR) is 136 cm³/mol. The lowest BCUT2D eigenvalue weighted by atomic mass is 10.0. The lowest BCUT2D eigenvalue weighted by molar-refractivity contribution is -0.138. The van der Waals surface area contributed by atoms with Crippen LogP contribution < -0.4 is 15.8 Å². The van der Waals surface area contributed by atoms with Gasteiger partial charge in [-0.2, -0.15) is 13.2 Å². The van der Waals surface area contributed by atoms with Crippen LogP contribution in [0.15, 0.2) is 53.5 Å². The van der Waals surface area contributed by atoms with Crippen molar-refractivity contribution in [2.75, 3.05) is 30.4 Å². The number of pyridine rings is 1. The van der Waals surface area contributed by atoms with Gasteiger partial charge in [0.05, 0.1) is 22.5 Å². The average Bonchev–Trinajstić information content (AvgIpc) is 2.83. The van der Waals surface area contributed by atoms with Gasteiger partial charge >= 0.3 is 6.18 Å². The zero-order valence-corrected chi connectivity index (χ0v) is 21.0. The van der Waals surface area contributed by atoms with Crippen LogP contribution in [0.25, 0.3) is 11.1 Å². The first kappa shape index (κ1) is 26.7. The fourth-order valence-electron chi connectivity index (χ4n) is 4.46. The van der Waals surface area contributed by atoms with Crippen molar-refractivity contribution in [1.29, 1.82) is 0 Å². The minimum atomic E-state index is -4.93. The Bertz CT molecular complexity index is 1360. The molecule has 4 rings (SSSR count). The molecule has 2 N–H and O–H groups in total. The fourth-order valence-corrected chi connectivity index (χ4v) is 4.59. The van der Waals surface area contributed by atoms with Crippen molar-refractivity contribution in [2.45, 2.75) is 32.1 Å². The summed E-state index contributed by atoms with van der Waals surface area (Å²) in [5.41, 5.74) is -2.01. The van der Waals surface area contributed by atoms with Crippen molar-refractivity contribution in [2.24, 2.45) is 0 Å². The highest BCUT2D eigenvalue weighted by Gasteiger charge is 2.36. The number of aromatic nitrogens is 1. The average molecular weight is 537 g/mol. The summed E-state index contributed by atoms with van der Waals surface area (Å²) in [5.74, 6) is -1.65. The number of nitrogens with one attached hydrogen (secondary N) is 2. The largest absolute Gasteiger partial charge is 0.417 e. The Balaban J connectivity index is 1.81. The van der Waals surface area contributed by atoms with E-state index in [9.17, 15) is 22.8 Å². The van der Waals surface area contributed by atoms with Crippen LogP contribution in [0.3, 0.4) is 0 Å². The number of benzene rings is 2. The molecule has 1 aliphatic heterocycles. The molecule has 1 saturated heterocycles. The van der Waals surface area contributed by atoms with Crippen molar-refractivity contribution < 1.29 is 22.4 Å². The number of alkyl halides is 3. The van der Waals surface area contributed by atoms with Gasteiger partial charge in [-0.15, -0.1) is 0 Å². The summed E-state index contributed by atoms with van der Waals surface area (Å²) in [4.78, 5) is 30.8. The van der Waals surface area contributed by atoms with E-state index < -0.39 is 34.6 Å². The van der Waals surface area contributed by atoms with E-state index in [1.54, 1.807) is 24.3 Å². The number of hydrogen-bond acceptors (Lipinski definition) is 4. The SMILES string of the molecule is CC1CN(c2cc(F)c(-c3ccc(Cl)cc3)cc2NC(=O)c2c[nH]c(=O)cc2C(F)(F)F)CC(C)N1C. The molecule has 2 aromatic carbocycles. The summed E-state index contributed by atoms with van der Waals surface area (Å²) in [5, 5.41) is 2.99. The first-order chi connectivity index (χ1) is 17.3. The third kappa shape index (κ3) is 5.65. The normalized spacial score (nSPS) is 18.6. The highest BCUT2D eigenvalue weighted by molar-refractivity contribution is 6.30. The molecule has 1 aliphatic rings. The number of rotatable bonds is 4. The standard InChI is InChI=1S/C26H25ClF4N4O2/c1-14-12-35(13-15(2)34(14)3)23-10-21(28)18(16-4-6-17(27)7-5-16)8-22(23)33-25(37)19-11-32-24(36)9-20(19)26(29,30)31/h4-11,14-15H,12-13H2,1-3H3,(H,32,36)(H,33,37). The predicted octanol–water partition coefficient (Wildman–Crippen LogP) is 5.63. The summed E-state index contributed by atoms with van der Waals surface area (Å²) in [6.07, 6.45) is -4.20. The van der Waals surface area contributed by atoms with Crippen LogP contribution in [-0.4, -0.2) is 48.0 Å². The Morgan fingerprint density at radius 1 is 1.08 bits per heavy atom. The van der Waals surface area contributed by atoms with Gasteiger partial charge in [0.1, 0.15) is 5.82 Å². The first-order valence-corrected chi connectivity index (χ1v) is 11.9. The monoisotopic (exact) mass is 536 g/mol. The third-order valence-electron chi connectivity index (χ3n) is 6.66. The molecule has 1 fully saturated rings. The topological polar surface area (TPSA) is 68.4 Å². The minimum Gasteiger partial charge on any atom is -0.367 e. The Morgan fingerprint density at radius 3 is 2.30 bits per heavy atom. The van der Waals surface area contributed by atoms with E-state index in [2.05, 4.69) is 15.2 Å². The second-order valence-corrected chi connectivity index (χ2v) is 9.64. The molecule has 2 atom stereocenters. The van der Waals surface area contributed by atoms with Gasteiger partial charge in [-0.1, -0.05) is 23.7 Å². The number of hydrogen-bond donors (Lipinski definition) is 2. The molecule has 0 spiro atoms. The highest BCUT2D eigenvalue weighted by Crippen LogP contribution is 2.37. The Kier molecular flexibility index (Phi) is 7.34. The number of carbonyl (C=O) groups is 1. The zero-order valence-electron chi connectivity index (χ0n) is 20.3. The van der Waals surface area contributed by atoms with Crippen LogP contribution in [0.1, 0.15) is 29.8 Å². The Labute approximate surface area is 215 Å². The van der Waals surface area contributed by atoms with E-state index in [0.717, 1.165) is 6.20 Å². The molecule has 196 valence electrons. The van der Waals surface area contributed by atoms with Crippen LogP contribution in [0.2, 0.25) is 5.02 Å². The van der Waals surface area contributed by atoms with Crippen LogP contribution in [0.4, 0.5) is 28.9 Å². The summed E-state index contributed by atoms with van der Waals surface area (Å²) >= 11 is 5.96. The Hall–Kier alpha value is -3.37. The van der Waals surface area contributed by atoms with E-state index in [0.29, 0.717) is 35.4 Å². The fraction of sp³-hybridized carbons (Fsp3) is 0.308. The lowest BCUT2D eigenvalue weighted by Crippen LogP contribution is -2.55. The first-order valence-electron chi connectivity index (χ1n) is 11.5. The zero-order chi connectivity index (χ0) is 27.1. The number of likely N-dealkylation sites (N-methyl/N-ethyl adjacent to an activating group) is 1. The quantitative estimate of drug-likeness (QED) is 0.424. The molecule has 11 heteroatoms. The molecule has 1 aromatic heterocycles. The van der Waals surface area contributed by atoms with E-state index in [4.69, 9.17) is 11.6 Å². The molecular weight excluding hydrogens is 512 g/mol. The molecular formula is C26H25ClF4N4O2. The van der Waals surface area contributed by atoms with E-state index >= 15 is 4.39 Å². The molecule has 2 heterocycles. The van der Waals surface area contributed by atoms with E-state index in [1.165, 1.54) is 12.1 Å². The van der Waals surface area contributed by atoms with E-state index in [-0.39, 0.29) is 23.3 Å². The van der Waals surface area contributed by atoms with Crippen LogP contribution in [0, 0.1) is 5.82 Å². The number of amides is 1. The maximum Gasteiger partial charge on any atom is 0.417 e. The number of aromatic amines is 1. The Morgan fingerprint density at radius 2 is 1.70 bits per heavy atom. The van der Waals surface area contributed by atoms with Gasteiger partial charge in [-0.3, -0.25) is 14.5 Å². The van der Waals surface area contributed by atoms with Crippen molar-refractivity contribution in [3.8, 4) is 11.1 Å². The molecule has 6 nitrogen and oxygen atoms in total. The van der Waals surface area contributed by atoms with Gasteiger partial charge in [-0.25, -0.2) is 4.39 Å². The summed E-state index contributed by atoms with van der Waals surface area (Å²) in [6.45, 7) is 5.04. The van der Waals surface area contributed by atoms with Crippen molar-refractivity contribution in [1.82, 2.24) is 9.88 Å².